The van der Waals surface area contributed by atoms with Crippen molar-refractivity contribution >= 4 is 26.9 Å². The van der Waals surface area contributed by atoms with E-state index in [0.29, 0.717) is 16.5 Å². The number of nitrogens with zero attached hydrogens (tertiary/aromatic N) is 1. The Bertz CT molecular complexity index is 1040. The molecule has 25 heavy (non-hydrogen) atoms. The molecule has 0 aliphatic heterocycles. The molecule has 0 bridgehead atoms. The second-order valence-corrected chi connectivity index (χ2v) is 7.75. The van der Waals surface area contributed by atoms with Gasteiger partial charge in [0, 0.05) is 18.0 Å². The van der Waals surface area contributed by atoms with Gasteiger partial charge in [-0.3, -0.25) is 4.79 Å². The summed E-state index contributed by atoms with van der Waals surface area (Å²) in [5.74, 6) is -1.13. The first-order chi connectivity index (χ1) is 11.8. The summed E-state index contributed by atoms with van der Waals surface area (Å²) in [6.07, 6.45) is 1.51. The van der Waals surface area contributed by atoms with Gasteiger partial charge in [-0.05, 0) is 30.7 Å². The van der Waals surface area contributed by atoms with E-state index in [1.54, 1.807) is 48.5 Å². The van der Waals surface area contributed by atoms with Crippen molar-refractivity contribution in [3.8, 4) is 0 Å². The number of fused-ring (bicyclic) bond motifs is 1. The highest BCUT2D eigenvalue weighted by atomic mass is 32.2. The van der Waals surface area contributed by atoms with E-state index in [-0.39, 0.29) is 11.3 Å². The van der Waals surface area contributed by atoms with Crippen LogP contribution in [0.3, 0.4) is 0 Å². The third-order valence-electron chi connectivity index (χ3n) is 4.10. The molecule has 0 saturated heterocycles. The molecule has 130 valence electrons. The number of aromatic nitrogens is 1. The molecule has 0 radical (unpaired) electrons. The number of benzene rings is 2. The number of carboxylic acid groups (broad SMARTS) is 1. The van der Waals surface area contributed by atoms with Gasteiger partial charge in [0.15, 0.2) is 0 Å². The smallest absolute Gasteiger partial charge is 0.320 e. The van der Waals surface area contributed by atoms with Crippen molar-refractivity contribution in [2.75, 3.05) is 0 Å². The first-order valence-electron chi connectivity index (χ1n) is 7.70. The number of aliphatic carboxylic acids is 1. The maximum Gasteiger partial charge on any atom is 0.320 e. The Morgan fingerprint density at radius 1 is 1.16 bits per heavy atom. The molecule has 0 fully saturated rings. The van der Waals surface area contributed by atoms with Crippen LogP contribution < -0.4 is 5.73 Å². The fourth-order valence-corrected chi connectivity index (χ4v) is 4.12. The van der Waals surface area contributed by atoms with E-state index in [0.717, 1.165) is 5.56 Å². The van der Waals surface area contributed by atoms with Gasteiger partial charge in [-0.25, -0.2) is 12.4 Å². The minimum Gasteiger partial charge on any atom is -0.480 e. The minimum atomic E-state index is -3.79. The molecule has 1 aromatic heterocycles. The van der Waals surface area contributed by atoms with Gasteiger partial charge in [-0.15, -0.1) is 0 Å². The van der Waals surface area contributed by atoms with Crippen molar-refractivity contribution in [1.29, 1.82) is 0 Å². The Morgan fingerprint density at radius 3 is 2.44 bits per heavy atom. The zero-order valence-corrected chi connectivity index (χ0v) is 14.4. The number of hydrogen-bond donors (Lipinski definition) is 2. The molecule has 2 aromatic carbocycles. The summed E-state index contributed by atoms with van der Waals surface area (Å²) in [6, 6.07) is 12.5. The summed E-state index contributed by atoms with van der Waals surface area (Å²) in [5.41, 5.74) is 7.67. The summed E-state index contributed by atoms with van der Waals surface area (Å²) in [5, 5.41) is 9.71. The Kier molecular flexibility index (Phi) is 4.36. The molecule has 0 amide bonds. The summed E-state index contributed by atoms with van der Waals surface area (Å²) in [7, 11) is -3.79. The van der Waals surface area contributed by atoms with Crippen LogP contribution in [0.1, 0.15) is 11.1 Å². The lowest BCUT2D eigenvalue weighted by Crippen LogP contribution is -2.32. The third-order valence-corrected chi connectivity index (χ3v) is 5.78. The number of carboxylic acids is 1. The van der Waals surface area contributed by atoms with E-state index < -0.39 is 22.0 Å². The van der Waals surface area contributed by atoms with Crippen LogP contribution in [0.25, 0.3) is 10.9 Å². The van der Waals surface area contributed by atoms with Gasteiger partial charge in [0.05, 0.1) is 10.4 Å². The molecule has 6 nitrogen and oxygen atoms in total. The Balaban J connectivity index is 2.16. The highest BCUT2D eigenvalue weighted by Crippen LogP contribution is 2.27. The molecule has 0 spiro atoms. The number of para-hydroxylation sites is 1. The minimum absolute atomic E-state index is 0.0479. The quantitative estimate of drug-likeness (QED) is 0.727. The van der Waals surface area contributed by atoms with E-state index in [1.807, 2.05) is 6.92 Å². The molecule has 1 atom stereocenters. The van der Waals surface area contributed by atoms with E-state index in [2.05, 4.69) is 0 Å². The molecule has 1 heterocycles. The second-order valence-electron chi connectivity index (χ2n) is 5.93. The molecular weight excluding hydrogens is 340 g/mol. The lowest BCUT2D eigenvalue weighted by Gasteiger charge is -2.08. The Morgan fingerprint density at radius 2 is 1.80 bits per heavy atom. The van der Waals surface area contributed by atoms with Crippen LogP contribution in [0.4, 0.5) is 0 Å². The zero-order valence-electron chi connectivity index (χ0n) is 13.6. The van der Waals surface area contributed by atoms with Crippen LogP contribution >= 0.6 is 0 Å². The fourth-order valence-electron chi connectivity index (χ4n) is 2.73. The summed E-state index contributed by atoms with van der Waals surface area (Å²) in [6.45, 7) is 1.88. The summed E-state index contributed by atoms with van der Waals surface area (Å²) >= 11 is 0. The molecule has 0 aliphatic carbocycles. The van der Waals surface area contributed by atoms with Crippen LogP contribution in [0.2, 0.25) is 0 Å². The highest BCUT2D eigenvalue weighted by molar-refractivity contribution is 7.90. The molecule has 0 aliphatic rings. The van der Waals surface area contributed by atoms with E-state index >= 15 is 0 Å². The number of rotatable bonds is 5. The monoisotopic (exact) mass is 358 g/mol. The largest absolute Gasteiger partial charge is 0.480 e. The van der Waals surface area contributed by atoms with Crippen LogP contribution in [0.15, 0.2) is 59.6 Å². The number of carbonyl (C=O) groups is 1. The van der Waals surface area contributed by atoms with Crippen molar-refractivity contribution < 1.29 is 18.3 Å². The first kappa shape index (κ1) is 17.2. The third kappa shape index (κ3) is 3.16. The van der Waals surface area contributed by atoms with Gasteiger partial charge < -0.3 is 10.8 Å². The fraction of sp³-hybridized carbons (Fsp3) is 0.167. The lowest BCUT2D eigenvalue weighted by molar-refractivity contribution is -0.138. The lowest BCUT2D eigenvalue weighted by atomic mass is 10.1. The van der Waals surface area contributed by atoms with Crippen molar-refractivity contribution in [2.45, 2.75) is 24.3 Å². The van der Waals surface area contributed by atoms with Crippen LogP contribution in [0.5, 0.6) is 0 Å². The Labute approximate surface area is 145 Å². The van der Waals surface area contributed by atoms with Crippen molar-refractivity contribution in [3.63, 3.8) is 0 Å². The number of aryl methyl sites for hydroxylation is 1. The maximum absolute atomic E-state index is 13.0. The molecule has 3 aromatic rings. The van der Waals surface area contributed by atoms with E-state index in [4.69, 9.17) is 10.8 Å². The highest BCUT2D eigenvalue weighted by Gasteiger charge is 2.23. The van der Waals surface area contributed by atoms with Gasteiger partial charge in [-0.2, -0.15) is 0 Å². The SMILES string of the molecule is Cc1ccc(S(=O)(=O)n2cc(CC(N)C(=O)O)c3ccccc32)cc1. The summed E-state index contributed by atoms with van der Waals surface area (Å²) < 4.78 is 27.2. The Hall–Kier alpha value is -2.64. The normalized spacial score (nSPS) is 13.0. The molecule has 7 heteroatoms. The van der Waals surface area contributed by atoms with Crippen LogP contribution in [0, 0.1) is 6.92 Å². The second kappa shape index (κ2) is 6.34. The molecular formula is C18H18N2O4S. The first-order valence-corrected chi connectivity index (χ1v) is 9.14. The molecule has 3 rings (SSSR count). The van der Waals surface area contributed by atoms with Crippen molar-refractivity contribution in [1.82, 2.24) is 3.97 Å². The van der Waals surface area contributed by atoms with Crippen molar-refractivity contribution in [3.05, 3.63) is 65.9 Å². The summed E-state index contributed by atoms with van der Waals surface area (Å²) in [4.78, 5) is 11.2. The number of hydrogen-bond acceptors (Lipinski definition) is 4. The van der Waals surface area contributed by atoms with E-state index in [9.17, 15) is 13.2 Å². The number of nitrogens with two attached hydrogens (primary N) is 1. The predicted octanol–water partition coefficient (Wildman–Crippen LogP) is 2.14. The van der Waals surface area contributed by atoms with E-state index in [1.165, 1.54) is 10.2 Å². The molecule has 0 saturated carbocycles. The molecule has 3 N–H and O–H groups in total. The van der Waals surface area contributed by atoms with Gasteiger partial charge in [0.2, 0.25) is 0 Å². The predicted molar refractivity (Wildman–Crippen MR) is 95.0 cm³/mol. The standard InChI is InChI=1S/C18H18N2O4S/c1-12-6-8-14(9-7-12)25(23,24)20-11-13(10-16(19)18(21)22)15-4-2-3-5-17(15)20/h2-9,11,16H,10,19H2,1H3,(H,21,22). The maximum atomic E-state index is 13.0. The van der Waals surface area contributed by atoms with Crippen LogP contribution in [-0.2, 0) is 21.2 Å². The van der Waals surface area contributed by atoms with Gasteiger partial charge in [0.25, 0.3) is 10.0 Å². The molecule has 1 unspecified atom stereocenters. The zero-order chi connectivity index (χ0) is 18.2. The average molecular weight is 358 g/mol. The van der Waals surface area contributed by atoms with Crippen molar-refractivity contribution in [2.24, 2.45) is 5.73 Å². The van der Waals surface area contributed by atoms with Crippen LogP contribution in [-0.4, -0.2) is 29.5 Å². The van der Waals surface area contributed by atoms with Gasteiger partial charge in [-0.1, -0.05) is 35.9 Å². The average Bonchev–Trinajstić information content (AvgIpc) is 2.95. The topological polar surface area (TPSA) is 102 Å². The van der Waals surface area contributed by atoms with Gasteiger partial charge in [0.1, 0.15) is 6.04 Å². The van der Waals surface area contributed by atoms with Gasteiger partial charge >= 0.3 is 5.97 Å².